The highest BCUT2D eigenvalue weighted by molar-refractivity contribution is 6.00. The number of Topliss-reactive ketones (excluding diaryl/α,β-unsaturated/α-hetero) is 1. The zero-order valence-corrected chi connectivity index (χ0v) is 7.14. The van der Waals surface area contributed by atoms with Crippen LogP contribution in [0.15, 0.2) is 30.8 Å². The third kappa shape index (κ3) is 2.22. The van der Waals surface area contributed by atoms with Crippen LogP contribution in [0, 0.1) is 0 Å². The van der Waals surface area contributed by atoms with Crippen LogP contribution in [0.4, 0.5) is 13.2 Å². The standard InChI is InChI=1S/C10H7F3O/c1-2-7-4-3-5-8(6-7)9(14)10(11,12)13/h2-6H,1H2. The monoisotopic (exact) mass is 200 g/mol. The Bertz CT molecular complexity index is 366. The van der Waals surface area contributed by atoms with Gasteiger partial charge in [0.15, 0.2) is 0 Å². The molecule has 0 radical (unpaired) electrons. The first-order valence-corrected chi connectivity index (χ1v) is 3.79. The number of carbonyl (C=O) groups excluding carboxylic acids is 1. The molecule has 0 atom stereocenters. The van der Waals surface area contributed by atoms with Crippen molar-refractivity contribution in [2.45, 2.75) is 6.18 Å². The van der Waals surface area contributed by atoms with Gasteiger partial charge in [-0.3, -0.25) is 4.79 Å². The van der Waals surface area contributed by atoms with E-state index in [0.29, 0.717) is 5.56 Å². The Kier molecular flexibility index (Phi) is 2.74. The molecule has 0 bridgehead atoms. The topological polar surface area (TPSA) is 17.1 Å². The summed E-state index contributed by atoms with van der Waals surface area (Å²) in [5.74, 6) is -1.83. The molecule has 0 saturated carbocycles. The number of rotatable bonds is 2. The molecule has 1 aromatic carbocycles. The minimum absolute atomic E-state index is 0.366. The SMILES string of the molecule is C=Cc1cccc(C(=O)C(F)(F)F)c1. The second kappa shape index (κ2) is 3.65. The van der Waals surface area contributed by atoms with Gasteiger partial charge in [-0.25, -0.2) is 0 Å². The molecule has 14 heavy (non-hydrogen) atoms. The molecule has 0 aromatic heterocycles. The molecular weight excluding hydrogens is 193 g/mol. The van der Waals surface area contributed by atoms with Crippen molar-refractivity contribution in [3.8, 4) is 0 Å². The van der Waals surface area contributed by atoms with Crippen LogP contribution >= 0.6 is 0 Å². The van der Waals surface area contributed by atoms with Gasteiger partial charge in [0.1, 0.15) is 0 Å². The molecule has 0 amide bonds. The van der Waals surface area contributed by atoms with Crippen molar-refractivity contribution in [3.63, 3.8) is 0 Å². The maximum atomic E-state index is 12.0. The fourth-order valence-electron chi connectivity index (χ4n) is 0.971. The van der Waals surface area contributed by atoms with Gasteiger partial charge in [0.05, 0.1) is 0 Å². The number of benzene rings is 1. The van der Waals surface area contributed by atoms with E-state index in [9.17, 15) is 18.0 Å². The van der Waals surface area contributed by atoms with Crippen molar-refractivity contribution in [1.29, 1.82) is 0 Å². The van der Waals surface area contributed by atoms with Crippen molar-refractivity contribution < 1.29 is 18.0 Å². The zero-order chi connectivity index (χ0) is 10.8. The van der Waals surface area contributed by atoms with Crippen LogP contribution in [0.25, 0.3) is 6.08 Å². The normalized spacial score (nSPS) is 11.1. The summed E-state index contributed by atoms with van der Waals surface area (Å²) in [7, 11) is 0. The van der Waals surface area contributed by atoms with E-state index in [1.165, 1.54) is 12.1 Å². The maximum absolute atomic E-state index is 12.0. The van der Waals surface area contributed by atoms with E-state index in [0.717, 1.165) is 12.1 Å². The fraction of sp³-hybridized carbons (Fsp3) is 0.100. The Labute approximate surface area is 78.9 Å². The van der Waals surface area contributed by atoms with Crippen molar-refractivity contribution >= 4 is 11.9 Å². The van der Waals surface area contributed by atoms with E-state index in [4.69, 9.17) is 0 Å². The lowest BCUT2D eigenvalue weighted by atomic mass is 10.1. The Balaban J connectivity index is 3.08. The average Bonchev–Trinajstić information content (AvgIpc) is 2.15. The molecule has 1 aromatic rings. The number of alkyl halides is 3. The molecule has 0 N–H and O–H groups in total. The molecule has 0 heterocycles. The van der Waals surface area contributed by atoms with Crippen molar-refractivity contribution in [1.82, 2.24) is 0 Å². The van der Waals surface area contributed by atoms with Crippen LogP contribution in [0.1, 0.15) is 15.9 Å². The summed E-state index contributed by atoms with van der Waals surface area (Å²) >= 11 is 0. The van der Waals surface area contributed by atoms with Crippen LogP contribution in [-0.2, 0) is 0 Å². The first-order chi connectivity index (χ1) is 6.45. The highest BCUT2D eigenvalue weighted by Gasteiger charge is 2.39. The Morgan fingerprint density at radius 2 is 2.00 bits per heavy atom. The van der Waals surface area contributed by atoms with E-state index in [2.05, 4.69) is 6.58 Å². The minimum atomic E-state index is -4.82. The van der Waals surface area contributed by atoms with E-state index >= 15 is 0 Å². The highest BCUT2D eigenvalue weighted by Crippen LogP contribution is 2.21. The largest absolute Gasteiger partial charge is 0.454 e. The van der Waals surface area contributed by atoms with Crippen LogP contribution in [-0.4, -0.2) is 12.0 Å². The number of hydrogen-bond acceptors (Lipinski definition) is 1. The van der Waals surface area contributed by atoms with Crippen LogP contribution in [0.2, 0.25) is 0 Å². The Hall–Kier alpha value is -1.58. The van der Waals surface area contributed by atoms with Crippen molar-refractivity contribution in [2.24, 2.45) is 0 Å². The molecule has 4 heteroatoms. The molecule has 0 aliphatic carbocycles. The van der Waals surface area contributed by atoms with Gasteiger partial charge in [0.2, 0.25) is 0 Å². The van der Waals surface area contributed by atoms with Gasteiger partial charge < -0.3 is 0 Å². The van der Waals surface area contributed by atoms with Crippen LogP contribution in [0.5, 0.6) is 0 Å². The summed E-state index contributed by atoms with van der Waals surface area (Å²) < 4.78 is 36.0. The van der Waals surface area contributed by atoms with Gasteiger partial charge in [-0.05, 0) is 11.6 Å². The van der Waals surface area contributed by atoms with Gasteiger partial charge in [0, 0.05) is 5.56 Å². The average molecular weight is 200 g/mol. The molecule has 0 spiro atoms. The third-order valence-corrected chi connectivity index (χ3v) is 1.64. The molecule has 0 unspecified atom stereocenters. The van der Waals surface area contributed by atoms with Crippen LogP contribution < -0.4 is 0 Å². The van der Waals surface area contributed by atoms with Gasteiger partial charge >= 0.3 is 6.18 Å². The summed E-state index contributed by atoms with van der Waals surface area (Å²) in [5.41, 5.74) is 0.120. The maximum Gasteiger partial charge on any atom is 0.454 e. The molecule has 0 aliphatic rings. The van der Waals surface area contributed by atoms with Crippen LogP contribution in [0.3, 0.4) is 0 Å². The minimum Gasteiger partial charge on any atom is -0.284 e. The predicted octanol–water partition coefficient (Wildman–Crippen LogP) is 3.07. The number of carbonyl (C=O) groups is 1. The summed E-state index contributed by atoms with van der Waals surface area (Å²) in [6, 6.07) is 5.24. The molecule has 74 valence electrons. The first-order valence-electron chi connectivity index (χ1n) is 3.79. The van der Waals surface area contributed by atoms with E-state index in [1.807, 2.05) is 0 Å². The third-order valence-electron chi connectivity index (χ3n) is 1.64. The second-order valence-electron chi connectivity index (χ2n) is 2.66. The van der Waals surface area contributed by atoms with Gasteiger partial charge in [-0.1, -0.05) is 30.9 Å². The number of halogens is 3. The fourth-order valence-corrected chi connectivity index (χ4v) is 0.971. The van der Waals surface area contributed by atoms with E-state index in [-0.39, 0.29) is 5.56 Å². The molecule has 1 rings (SSSR count). The molecular formula is C10H7F3O. The van der Waals surface area contributed by atoms with E-state index < -0.39 is 12.0 Å². The van der Waals surface area contributed by atoms with E-state index in [1.54, 1.807) is 6.07 Å². The summed E-state index contributed by atoms with van der Waals surface area (Å²) in [5, 5.41) is 0. The number of ketones is 1. The molecule has 0 aliphatic heterocycles. The number of hydrogen-bond donors (Lipinski definition) is 0. The lowest BCUT2D eigenvalue weighted by Crippen LogP contribution is -2.22. The summed E-state index contributed by atoms with van der Waals surface area (Å²) in [4.78, 5) is 10.8. The second-order valence-corrected chi connectivity index (χ2v) is 2.66. The first kappa shape index (κ1) is 10.5. The summed E-state index contributed by atoms with van der Waals surface area (Å²) in [6.07, 6.45) is -3.44. The zero-order valence-electron chi connectivity index (χ0n) is 7.14. The molecule has 1 nitrogen and oxygen atoms in total. The molecule has 0 saturated heterocycles. The molecule has 0 fully saturated rings. The smallest absolute Gasteiger partial charge is 0.284 e. The summed E-state index contributed by atoms with van der Waals surface area (Å²) in [6.45, 7) is 3.40. The Morgan fingerprint density at radius 1 is 1.36 bits per heavy atom. The lowest BCUT2D eigenvalue weighted by molar-refractivity contribution is -0.0885. The quantitative estimate of drug-likeness (QED) is 0.670. The van der Waals surface area contributed by atoms with Gasteiger partial charge in [-0.15, -0.1) is 0 Å². The van der Waals surface area contributed by atoms with Gasteiger partial charge in [-0.2, -0.15) is 13.2 Å². The van der Waals surface area contributed by atoms with Gasteiger partial charge in [0.25, 0.3) is 5.78 Å². The Morgan fingerprint density at radius 3 is 2.50 bits per heavy atom. The van der Waals surface area contributed by atoms with Crippen molar-refractivity contribution in [3.05, 3.63) is 42.0 Å². The van der Waals surface area contributed by atoms with Crippen molar-refractivity contribution in [2.75, 3.05) is 0 Å². The lowest BCUT2D eigenvalue weighted by Gasteiger charge is -2.05. The highest BCUT2D eigenvalue weighted by atomic mass is 19.4. The predicted molar refractivity (Wildman–Crippen MR) is 46.9 cm³/mol.